The molecule has 2 aromatic carbocycles. The summed E-state index contributed by atoms with van der Waals surface area (Å²) in [6, 6.07) is 15.5. The topological polar surface area (TPSA) is 93.8 Å². The maximum atomic E-state index is 11.7. The number of hydrogen-bond donors (Lipinski definition) is 2. The van der Waals surface area contributed by atoms with E-state index in [2.05, 4.69) is 26.8 Å². The molecule has 2 heterocycles. The van der Waals surface area contributed by atoms with Crippen LogP contribution in [-0.2, 0) is 4.79 Å². The highest BCUT2D eigenvalue weighted by molar-refractivity contribution is 6.01. The number of nitrogens with one attached hydrogen (secondary N) is 1. The highest BCUT2D eigenvalue weighted by atomic mass is 16.1. The number of rotatable bonds is 4. The van der Waals surface area contributed by atoms with Crippen LogP contribution >= 0.6 is 0 Å². The van der Waals surface area contributed by atoms with Gasteiger partial charge in [-0.25, -0.2) is 9.97 Å². The van der Waals surface area contributed by atoms with Crippen molar-refractivity contribution in [3.63, 3.8) is 0 Å². The van der Waals surface area contributed by atoms with E-state index in [0.29, 0.717) is 5.69 Å². The van der Waals surface area contributed by atoms with Crippen molar-refractivity contribution in [2.24, 2.45) is 0 Å². The van der Waals surface area contributed by atoms with Gasteiger partial charge in [-0.05, 0) is 47.5 Å². The number of nitrogen functional groups attached to an aromatic ring is 1. The third-order valence-electron chi connectivity index (χ3n) is 4.32. The van der Waals surface area contributed by atoms with Gasteiger partial charge in [0, 0.05) is 40.8 Å². The number of aromatic nitrogens is 3. The van der Waals surface area contributed by atoms with E-state index in [-0.39, 0.29) is 11.9 Å². The largest absolute Gasteiger partial charge is 0.368 e. The van der Waals surface area contributed by atoms with Crippen LogP contribution in [0.15, 0.2) is 79.8 Å². The number of nitrogens with two attached hydrogens (primary N) is 1. The quantitative estimate of drug-likeness (QED) is 0.530. The van der Waals surface area contributed by atoms with Gasteiger partial charge in [0.1, 0.15) is 0 Å². The van der Waals surface area contributed by atoms with Crippen molar-refractivity contribution in [1.82, 2.24) is 15.0 Å². The van der Waals surface area contributed by atoms with Crippen molar-refractivity contribution in [2.75, 3.05) is 11.1 Å². The van der Waals surface area contributed by atoms with Crippen molar-refractivity contribution in [3.05, 3.63) is 79.8 Å². The second kappa shape index (κ2) is 7.28. The number of pyridine rings is 1. The summed E-state index contributed by atoms with van der Waals surface area (Å²) in [5.74, 6) is -0.0586. The Bertz CT molecular complexity index is 1190. The van der Waals surface area contributed by atoms with E-state index in [0.717, 1.165) is 33.2 Å². The molecule has 0 bridgehead atoms. The Labute approximate surface area is 161 Å². The van der Waals surface area contributed by atoms with Crippen LogP contribution in [-0.4, -0.2) is 20.9 Å². The number of amides is 1. The Morgan fingerprint density at radius 3 is 2.68 bits per heavy atom. The van der Waals surface area contributed by atoms with Gasteiger partial charge in [-0.1, -0.05) is 24.8 Å². The molecule has 1 amide bonds. The van der Waals surface area contributed by atoms with Gasteiger partial charge in [0.15, 0.2) is 0 Å². The molecule has 0 spiro atoms. The number of carbonyl (C=O) groups is 1. The molecule has 0 aliphatic heterocycles. The molecule has 0 saturated heterocycles. The van der Waals surface area contributed by atoms with Gasteiger partial charge >= 0.3 is 0 Å². The molecule has 0 aliphatic rings. The molecule has 0 fully saturated rings. The van der Waals surface area contributed by atoms with E-state index >= 15 is 0 Å². The van der Waals surface area contributed by atoms with E-state index in [1.165, 1.54) is 6.08 Å². The van der Waals surface area contributed by atoms with Crippen molar-refractivity contribution in [3.8, 4) is 22.3 Å². The first kappa shape index (κ1) is 17.4. The first-order valence-electron chi connectivity index (χ1n) is 8.64. The number of carbonyl (C=O) groups excluding carboxylic acids is 1. The van der Waals surface area contributed by atoms with Crippen molar-refractivity contribution < 1.29 is 4.79 Å². The number of nitrogens with zero attached hydrogens (tertiary/aromatic N) is 3. The molecule has 136 valence electrons. The summed E-state index contributed by atoms with van der Waals surface area (Å²) in [6.45, 7) is 3.48. The lowest BCUT2D eigenvalue weighted by Crippen LogP contribution is -2.07. The lowest BCUT2D eigenvalue weighted by Gasteiger charge is -2.12. The van der Waals surface area contributed by atoms with Gasteiger partial charge in [0.05, 0.1) is 5.52 Å². The molecule has 28 heavy (non-hydrogen) atoms. The lowest BCUT2D eigenvalue weighted by molar-refractivity contribution is -0.111. The van der Waals surface area contributed by atoms with Gasteiger partial charge < -0.3 is 11.1 Å². The molecule has 3 N–H and O–H groups in total. The predicted octanol–water partition coefficient (Wildman–Crippen LogP) is 4.07. The zero-order valence-corrected chi connectivity index (χ0v) is 15.0. The van der Waals surface area contributed by atoms with Gasteiger partial charge in [0.2, 0.25) is 11.9 Å². The van der Waals surface area contributed by atoms with Crippen molar-refractivity contribution in [1.29, 1.82) is 0 Å². The molecule has 6 heteroatoms. The number of fused-ring (bicyclic) bond motifs is 1. The average molecular weight is 367 g/mol. The van der Waals surface area contributed by atoms with Crippen LogP contribution in [0.3, 0.4) is 0 Å². The standard InChI is InChI=1S/C22H17N5O/c1-2-20(28)26-18-7-3-5-14(10-18)19-11-16(15-6-4-8-24-12-15)9-17-13-25-22(23)27-21(17)19/h2-13H,1H2,(H,26,28)(H2,23,25,27). The highest BCUT2D eigenvalue weighted by Crippen LogP contribution is 2.34. The highest BCUT2D eigenvalue weighted by Gasteiger charge is 2.11. The second-order valence-corrected chi connectivity index (χ2v) is 6.21. The third-order valence-corrected chi connectivity index (χ3v) is 4.32. The maximum Gasteiger partial charge on any atom is 0.247 e. The average Bonchev–Trinajstić information content (AvgIpc) is 2.73. The van der Waals surface area contributed by atoms with Crippen LogP contribution in [0, 0.1) is 0 Å². The van der Waals surface area contributed by atoms with Gasteiger partial charge in [-0.15, -0.1) is 0 Å². The van der Waals surface area contributed by atoms with Gasteiger partial charge in [0.25, 0.3) is 0 Å². The fourth-order valence-electron chi connectivity index (χ4n) is 3.04. The van der Waals surface area contributed by atoms with Gasteiger partial charge in [-0.3, -0.25) is 9.78 Å². The molecule has 0 aliphatic carbocycles. The summed E-state index contributed by atoms with van der Waals surface area (Å²) in [5.41, 5.74) is 11.0. The molecule has 0 atom stereocenters. The summed E-state index contributed by atoms with van der Waals surface area (Å²) in [5, 5.41) is 3.65. The second-order valence-electron chi connectivity index (χ2n) is 6.21. The fraction of sp³-hybridized carbons (Fsp3) is 0. The summed E-state index contributed by atoms with van der Waals surface area (Å²) in [4.78, 5) is 24.4. The van der Waals surface area contributed by atoms with Crippen molar-refractivity contribution in [2.45, 2.75) is 0 Å². The van der Waals surface area contributed by atoms with Crippen molar-refractivity contribution >= 4 is 28.4 Å². The van der Waals surface area contributed by atoms with Crippen LogP contribution in [0.25, 0.3) is 33.2 Å². The molecule has 0 saturated carbocycles. The van der Waals surface area contributed by atoms with E-state index in [9.17, 15) is 4.79 Å². The Morgan fingerprint density at radius 2 is 1.89 bits per heavy atom. The zero-order chi connectivity index (χ0) is 19.5. The minimum Gasteiger partial charge on any atom is -0.368 e. The lowest BCUT2D eigenvalue weighted by atomic mass is 9.96. The summed E-state index contributed by atoms with van der Waals surface area (Å²) >= 11 is 0. The number of hydrogen-bond acceptors (Lipinski definition) is 5. The van der Waals surface area contributed by atoms with Crippen LogP contribution in [0.5, 0.6) is 0 Å². The molecule has 4 aromatic rings. The monoisotopic (exact) mass is 367 g/mol. The molecule has 0 radical (unpaired) electrons. The summed E-state index contributed by atoms with van der Waals surface area (Å²) in [6.07, 6.45) is 6.49. The molecule has 0 unspecified atom stereocenters. The van der Waals surface area contributed by atoms with E-state index < -0.39 is 0 Å². The Hall–Kier alpha value is -4.06. The van der Waals surface area contributed by atoms with Crippen LogP contribution in [0.1, 0.15) is 0 Å². The smallest absolute Gasteiger partial charge is 0.247 e. The Kier molecular flexibility index (Phi) is 4.51. The number of anilines is 2. The SMILES string of the molecule is C=CC(=O)Nc1cccc(-c2cc(-c3cccnc3)cc3cnc(N)nc23)c1. The molecule has 2 aromatic heterocycles. The molecular weight excluding hydrogens is 350 g/mol. The normalized spacial score (nSPS) is 10.6. The number of benzene rings is 2. The third kappa shape index (κ3) is 3.43. The van der Waals surface area contributed by atoms with E-state index in [1.807, 2.05) is 54.7 Å². The van der Waals surface area contributed by atoms with E-state index in [1.54, 1.807) is 12.4 Å². The predicted molar refractivity (Wildman–Crippen MR) is 111 cm³/mol. The van der Waals surface area contributed by atoms with Gasteiger partial charge in [-0.2, -0.15) is 0 Å². The molecule has 4 rings (SSSR count). The summed E-state index contributed by atoms with van der Waals surface area (Å²) in [7, 11) is 0. The van der Waals surface area contributed by atoms with Crippen LogP contribution < -0.4 is 11.1 Å². The minimum absolute atomic E-state index is 0.207. The fourth-order valence-corrected chi connectivity index (χ4v) is 3.04. The maximum absolute atomic E-state index is 11.7. The zero-order valence-electron chi connectivity index (χ0n) is 15.0. The Morgan fingerprint density at radius 1 is 1.04 bits per heavy atom. The van der Waals surface area contributed by atoms with Crippen LogP contribution in [0.2, 0.25) is 0 Å². The van der Waals surface area contributed by atoms with Crippen LogP contribution in [0.4, 0.5) is 11.6 Å². The first-order valence-corrected chi connectivity index (χ1v) is 8.64. The Balaban J connectivity index is 1.92. The summed E-state index contributed by atoms with van der Waals surface area (Å²) < 4.78 is 0. The first-order chi connectivity index (χ1) is 13.6. The minimum atomic E-state index is -0.266. The van der Waals surface area contributed by atoms with E-state index in [4.69, 9.17) is 5.73 Å². The molecule has 6 nitrogen and oxygen atoms in total. The molecular formula is C22H17N5O.